The third-order valence-electron chi connectivity index (χ3n) is 5.39. The highest BCUT2D eigenvalue weighted by atomic mass is 32.2. The average molecular weight is 480 g/mol. The lowest BCUT2D eigenvalue weighted by molar-refractivity contribution is -0.118. The zero-order valence-electron chi connectivity index (χ0n) is 18.0. The third kappa shape index (κ3) is 5.80. The van der Waals surface area contributed by atoms with Crippen molar-refractivity contribution in [3.63, 3.8) is 0 Å². The molecule has 11 heteroatoms. The van der Waals surface area contributed by atoms with Gasteiger partial charge in [0, 0.05) is 26.2 Å². The lowest BCUT2D eigenvalue weighted by Gasteiger charge is -2.31. The Kier molecular flexibility index (Phi) is 7.43. The Morgan fingerprint density at radius 3 is 2.27 bits per heavy atom. The molecule has 4 rings (SSSR count). The van der Waals surface area contributed by atoms with Crippen LogP contribution in [0.4, 0.5) is 15.8 Å². The lowest BCUT2D eigenvalue weighted by atomic mass is 10.2. The number of carbonyl (C=O) groups excluding carboxylic acids is 1. The summed E-state index contributed by atoms with van der Waals surface area (Å²) in [4.78, 5) is 14.7. The number of rotatable bonds is 7. The minimum atomic E-state index is -3.74. The molecule has 0 aromatic heterocycles. The van der Waals surface area contributed by atoms with Crippen molar-refractivity contribution in [1.82, 2.24) is 4.31 Å². The number of anilines is 2. The predicted octanol–water partition coefficient (Wildman–Crippen LogP) is 1.70. The van der Waals surface area contributed by atoms with Crippen molar-refractivity contribution in [3.8, 4) is 5.75 Å². The number of ether oxygens (including phenoxy) is 3. The molecule has 2 aromatic rings. The number of nitrogens with one attached hydrogen (secondary N) is 1. The summed E-state index contributed by atoms with van der Waals surface area (Å²) in [6.45, 7) is 3.24. The van der Waals surface area contributed by atoms with Gasteiger partial charge in [-0.15, -0.1) is 0 Å². The van der Waals surface area contributed by atoms with Crippen molar-refractivity contribution in [2.75, 3.05) is 69.4 Å². The van der Waals surface area contributed by atoms with Crippen molar-refractivity contribution in [2.24, 2.45) is 0 Å². The maximum Gasteiger partial charge on any atom is 0.262 e. The first-order valence-corrected chi connectivity index (χ1v) is 12.1. The van der Waals surface area contributed by atoms with Crippen LogP contribution >= 0.6 is 0 Å². The van der Waals surface area contributed by atoms with E-state index in [2.05, 4.69) is 5.32 Å². The zero-order valence-corrected chi connectivity index (χ0v) is 18.9. The maximum atomic E-state index is 13.1. The topological polar surface area (TPSA) is 97.4 Å². The third-order valence-corrected chi connectivity index (χ3v) is 7.28. The van der Waals surface area contributed by atoms with Gasteiger partial charge in [0.1, 0.15) is 11.6 Å². The number of nitrogens with zero attached hydrogens (tertiary/aromatic N) is 2. The summed E-state index contributed by atoms with van der Waals surface area (Å²) >= 11 is 0. The molecule has 9 nitrogen and oxygen atoms in total. The maximum absolute atomic E-state index is 13.1. The van der Waals surface area contributed by atoms with Crippen molar-refractivity contribution >= 4 is 27.3 Å². The molecule has 33 heavy (non-hydrogen) atoms. The number of carbonyl (C=O) groups is 1. The van der Waals surface area contributed by atoms with Crippen LogP contribution in [-0.4, -0.2) is 77.8 Å². The van der Waals surface area contributed by atoms with E-state index in [0.717, 1.165) is 0 Å². The Balaban J connectivity index is 1.55. The molecule has 0 atom stereocenters. The first-order valence-electron chi connectivity index (χ1n) is 10.7. The van der Waals surface area contributed by atoms with Crippen LogP contribution in [0.25, 0.3) is 0 Å². The molecule has 2 aliphatic rings. The van der Waals surface area contributed by atoms with Crippen LogP contribution in [-0.2, 0) is 24.3 Å². The molecule has 1 N–H and O–H groups in total. The van der Waals surface area contributed by atoms with Gasteiger partial charge < -0.3 is 24.4 Å². The van der Waals surface area contributed by atoms with Crippen LogP contribution in [0.3, 0.4) is 0 Å². The van der Waals surface area contributed by atoms with Crippen molar-refractivity contribution in [3.05, 3.63) is 48.3 Å². The van der Waals surface area contributed by atoms with Gasteiger partial charge in [0.25, 0.3) is 5.91 Å². The summed E-state index contributed by atoms with van der Waals surface area (Å²) in [6.07, 6.45) is 0. The van der Waals surface area contributed by atoms with E-state index in [1.165, 1.54) is 34.6 Å². The second-order valence-corrected chi connectivity index (χ2v) is 9.52. The van der Waals surface area contributed by atoms with Crippen LogP contribution < -0.4 is 15.0 Å². The molecule has 0 spiro atoms. The van der Waals surface area contributed by atoms with Gasteiger partial charge in [0.15, 0.2) is 6.61 Å². The Hall–Kier alpha value is -2.73. The normalized spacial score (nSPS) is 17.5. The van der Waals surface area contributed by atoms with E-state index in [9.17, 15) is 17.6 Å². The molecule has 2 aromatic carbocycles. The molecule has 1 amide bonds. The minimum Gasteiger partial charge on any atom is -0.484 e. The van der Waals surface area contributed by atoms with Gasteiger partial charge in [0.05, 0.1) is 42.7 Å². The number of sulfonamides is 1. The summed E-state index contributed by atoms with van der Waals surface area (Å²) in [6, 6.07) is 10.1. The van der Waals surface area contributed by atoms with E-state index in [1.54, 1.807) is 12.1 Å². The van der Waals surface area contributed by atoms with E-state index in [0.29, 0.717) is 56.6 Å². The molecule has 2 heterocycles. The number of halogens is 1. The molecule has 2 saturated heterocycles. The molecular formula is C22H26FN3O6S. The Morgan fingerprint density at radius 2 is 1.61 bits per heavy atom. The van der Waals surface area contributed by atoms with Gasteiger partial charge in [-0.3, -0.25) is 4.79 Å². The van der Waals surface area contributed by atoms with Gasteiger partial charge in [0.2, 0.25) is 10.0 Å². The predicted molar refractivity (Wildman–Crippen MR) is 120 cm³/mol. The smallest absolute Gasteiger partial charge is 0.262 e. The number of morpholine rings is 2. The Bertz CT molecular complexity index is 1070. The minimum absolute atomic E-state index is 0.0937. The second-order valence-electron chi connectivity index (χ2n) is 7.59. The van der Waals surface area contributed by atoms with Crippen LogP contribution in [0.15, 0.2) is 47.4 Å². The quantitative estimate of drug-likeness (QED) is 0.646. The largest absolute Gasteiger partial charge is 0.484 e. The number of hydrogen-bond donors (Lipinski definition) is 1. The summed E-state index contributed by atoms with van der Waals surface area (Å²) in [7, 11) is -3.74. The summed E-state index contributed by atoms with van der Waals surface area (Å²) in [5.41, 5.74) is 1.08. The Morgan fingerprint density at radius 1 is 0.970 bits per heavy atom. The van der Waals surface area contributed by atoms with Gasteiger partial charge in [-0.1, -0.05) is 0 Å². The highest BCUT2D eigenvalue weighted by Crippen LogP contribution is 2.31. The monoisotopic (exact) mass is 479 g/mol. The highest BCUT2D eigenvalue weighted by Gasteiger charge is 2.28. The van der Waals surface area contributed by atoms with Crippen LogP contribution in [0.2, 0.25) is 0 Å². The second kappa shape index (κ2) is 10.5. The summed E-state index contributed by atoms with van der Waals surface area (Å²) in [5.74, 6) is -0.515. The number of benzene rings is 2. The van der Waals surface area contributed by atoms with Crippen LogP contribution in [0, 0.1) is 5.82 Å². The molecule has 2 aliphatic heterocycles. The molecule has 178 valence electrons. The SMILES string of the molecule is O=C(COc1ccc(F)cc1)Nc1cc(S(=O)(=O)N2CCOCC2)ccc1N1CCOCC1. The molecular weight excluding hydrogens is 453 g/mol. The van der Waals surface area contributed by atoms with Gasteiger partial charge >= 0.3 is 0 Å². The first kappa shape index (κ1) is 23.4. The summed E-state index contributed by atoms with van der Waals surface area (Å²) in [5, 5.41) is 2.78. The van der Waals surface area contributed by atoms with Gasteiger partial charge in [-0.25, -0.2) is 12.8 Å². The van der Waals surface area contributed by atoms with Gasteiger partial charge in [-0.2, -0.15) is 4.31 Å². The first-order chi connectivity index (χ1) is 15.9. The Labute approximate surface area is 192 Å². The number of hydrogen-bond acceptors (Lipinski definition) is 7. The van der Waals surface area contributed by atoms with E-state index < -0.39 is 21.7 Å². The van der Waals surface area contributed by atoms with E-state index in [-0.39, 0.29) is 24.6 Å². The van der Waals surface area contributed by atoms with Crippen LogP contribution in [0.1, 0.15) is 0 Å². The van der Waals surface area contributed by atoms with Crippen molar-refractivity contribution < 1.29 is 31.8 Å². The molecule has 0 radical (unpaired) electrons. The zero-order chi connectivity index (χ0) is 23.3. The van der Waals surface area contributed by atoms with Crippen molar-refractivity contribution in [2.45, 2.75) is 4.90 Å². The van der Waals surface area contributed by atoms with E-state index in [4.69, 9.17) is 14.2 Å². The molecule has 0 saturated carbocycles. The van der Waals surface area contributed by atoms with E-state index in [1.807, 2.05) is 4.90 Å². The fourth-order valence-electron chi connectivity index (χ4n) is 3.66. The molecule has 0 unspecified atom stereocenters. The standard InChI is InChI=1S/C22H26FN3O6S/c23-17-1-3-18(4-2-17)32-16-22(27)24-20-15-19(33(28,29)26-9-13-31-14-10-26)5-6-21(20)25-7-11-30-12-8-25/h1-6,15H,7-14,16H2,(H,24,27). The van der Waals surface area contributed by atoms with Crippen molar-refractivity contribution in [1.29, 1.82) is 0 Å². The highest BCUT2D eigenvalue weighted by molar-refractivity contribution is 7.89. The van der Waals surface area contributed by atoms with Crippen LogP contribution in [0.5, 0.6) is 5.75 Å². The average Bonchev–Trinajstić information content (AvgIpc) is 2.85. The lowest BCUT2D eigenvalue weighted by Crippen LogP contribution is -2.40. The summed E-state index contributed by atoms with van der Waals surface area (Å²) < 4.78 is 56.8. The fourth-order valence-corrected chi connectivity index (χ4v) is 5.09. The van der Waals surface area contributed by atoms with Gasteiger partial charge in [-0.05, 0) is 42.5 Å². The fraction of sp³-hybridized carbons (Fsp3) is 0.409. The molecule has 2 fully saturated rings. The molecule has 0 bridgehead atoms. The number of amides is 1. The molecule has 0 aliphatic carbocycles. The van der Waals surface area contributed by atoms with E-state index >= 15 is 0 Å².